The van der Waals surface area contributed by atoms with Crippen molar-refractivity contribution in [1.29, 1.82) is 0 Å². The fourth-order valence-electron chi connectivity index (χ4n) is 1.89. The Kier molecular flexibility index (Phi) is 5.32. The highest BCUT2D eigenvalue weighted by atomic mass is 79.9. The first-order valence-electron chi connectivity index (χ1n) is 6.45. The summed E-state index contributed by atoms with van der Waals surface area (Å²) in [4.78, 5) is 0. The van der Waals surface area contributed by atoms with Gasteiger partial charge in [-0.1, -0.05) is 45.2 Å². The summed E-state index contributed by atoms with van der Waals surface area (Å²) in [5.74, 6) is 0.751. The number of anilines is 1. The first-order valence-corrected chi connectivity index (χ1v) is 7.62. The Labute approximate surface area is 133 Å². The van der Waals surface area contributed by atoms with Gasteiger partial charge in [0.05, 0.1) is 5.02 Å². The minimum absolute atomic E-state index is 0.566. The van der Waals surface area contributed by atoms with E-state index >= 15 is 0 Å². The largest absolute Gasteiger partial charge is 0.490 e. The summed E-state index contributed by atoms with van der Waals surface area (Å²) in [6.45, 7) is 5.36. The van der Waals surface area contributed by atoms with E-state index in [1.807, 2.05) is 19.1 Å². The third-order valence-corrected chi connectivity index (χ3v) is 3.66. The van der Waals surface area contributed by atoms with Crippen LogP contribution in [-0.4, -0.2) is 13.2 Å². The minimum atomic E-state index is 0.566. The molecule has 0 radical (unpaired) electrons. The van der Waals surface area contributed by atoms with Crippen molar-refractivity contribution in [1.82, 2.24) is 0 Å². The number of hydrogen-bond acceptors (Lipinski definition) is 2. The molecule has 0 fully saturated rings. The molecule has 2 rings (SSSR count). The summed E-state index contributed by atoms with van der Waals surface area (Å²) >= 11 is 9.59. The maximum atomic E-state index is 6.17. The maximum absolute atomic E-state index is 6.17. The van der Waals surface area contributed by atoms with E-state index in [1.165, 1.54) is 5.56 Å². The minimum Gasteiger partial charge on any atom is -0.490 e. The van der Waals surface area contributed by atoms with Crippen LogP contribution in [0.1, 0.15) is 11.1 Å². The Bertz CT molecular complexity index is 561. The molecule has 2 nitrogen and oxygen atoms in total. The molecule has 4 heteroatoms. The number of rotatable bonds is 5. The average molecular weight is 355 g/mol. The van der Waals surface area contributed by atoms with Gasteiger partial charge >= 0.3 is 0 Å². The highest BCUT2D eigenvalue weighted by molar-refractivity contribution is 9.10. The second kappa shape index (κ2) is 7.00. The quantitative estimate of drug-likeness (QED) is 0.744. The Morgan fingerprint density at radius 1 is 1.15 bits per heavy atom. The SMILES string of the molecule is Cc1ccc(NCCOc2c(C)cc(Br)cc2Cl)cc1. The number of nitrogens with one attached hydrogen (secondary N) is 1. The molecule has 0 aliphatic rings. The fraction of sp³-hybridized carbons (Fsp3) is 0.250. The Hall–Kier alpha value is -1.19. The van der Waals surface area contributed by atoms with Gasteiger partial charge in [0.15, 0.2) is 0 Å². The number of hydrogen-bond donors (Lipinski definition) is 1. The van der Waals surface area contributed by atoms with E-state index in [1.54, 1.807) is 0 Å². The molecule has 0 saturated carbocycles. The summed E-state index contributed by atoms with van der Waals surface area (Å²) in [5, 5.41) is 3.95. The van der Waals surface area contributed by atoms with Crippen LogP contribution in [0, 0.1) is 13.8 Å². The van der Waals surface area contributed by atoms with E-state index in [4.69, 9.17) is 16.3 Å². The molecule has 2 aromatic carbocycles. The smallest absolute Gasteiger partial charge is 0.140 e. The molecule has 0 saturated heterocycles. The number of halogens is 2. The number of aryl methyl sites for hydroxylation is 2. The summed E-state index contributed by atoms with van der Waals surface area (Å²) in [5.41, 5.74) is 3.38. The highest BCUT2D eigenvalue weighted by Gasteiger charge is 2.06. The number of ether oxygens (including phenoxy) is 1. The zero-order valence-corrected chi connectivity index (χ0v) is 13.9. The summed E-state index contributed by atoms with van der Waals surface area (Å²) in [7, 11) is 0. The van der Waals surface area contributed by atoms with Crippen molar-refractivity contribution in [3.8, 4) is 5.75 Å². The van der Waals surface area contributed by atoms with Crippen LogP contribution in [0.3, 0.4) is 0 Å². The molecule has 0 aliphatic heterocycles. The zero-order valence-electron chi connectivity index (χ0n) is 11.5. The molecule has 106 valence electrons. The van der Waals surface area contributed by atoms with Crippen molar-refractivity contribution in [3.05, 3.63) is 57.0 Å². The molecule has 2 aromatic rings. The lowest BCUT2D eigenvalue weighted by Gasteiger charge is -2.12. The monoisotopic (exact) mass is 353 g/mol. The van der Waals surface area contributed by atoms with Gasteiger partial charge in [0.25, 0.3) is 0 Å². The average Bonchev–Trinajstić information content (AvgIpc) is 2.39. The van der Waals surface area contributed by atoms with Gasteiger partial charge in [-0.15, -0.1) is 0 Å². The van der Waals surface area contributed by atoms with Crippen LogP contribution in [0.25, 0.3) is 0 Å². The predicted octanol–water partition coefficient (Wildman–Crippen LogP) is 5.21. The highest BCUT2D eigenvalue weighted by Crippen LogP contribution is 2.31. The normalized spacial score (nSPS) is 10.4. The van der Waals surface area contributed by atoms with Gasteiger partial charge in [0, 0.05) is 16.7 Å². The van der Waals surface area contributed by atoms with Gasteiger partial charge in [-0.2, -0.15) is 0 Å². The van der Waals surface area contributed by atoms with Gasteiger partial charge in [0.2, 0.25) is 0 Å². The van der Waals surface area contributed by atoms with Crippen LogP contribution in [0.5, 0.6) is 5.75 Å². The van der Waals surface area contributed by atoms with Gasteiger partial charge in [-0.25, -0.2) is 0 Å². The van der Waals surface area contributed by atoms with Crippen LogP contribution in [0.4, 0.5) is 5.69 Å². The van der Waals surface area contributed by atoms with Crippen LogP contribution in [0.2, 0.25) is 5.02 Å². The Morgan fingerprint density at radius 3 is 2.50 bits per heavy atom. The first-order chi connectivity index (χ1) is 9.56. The molecular formula is C16H17BrClNO. The number of benzene rings is 2. The lowest BCUT2D eigenvalue weighted by Crippen LogP contribution is -2.12. The maximum Gasteiger partial charge on any atom is 0.140 e. The van der Waals surface area contributed by atoms with Crippen molar-refractivity contribution in [2.45, 2.75) is 13.8 Å². The molecule has 0 aliphatic carbocycles. The van der Waals surface area contributed by atoms with Crippen LogP contribution in [0.15, 0.2) is 40.9 Å². The fourth-order valence-corrected chi connectivity index (χ4v) is 2.92. The molecule has 0 atom stereocenters. The van der Waals surface area contributed by atoms with Gasteiger partial charge in [-0.3, -0.25) is 0 Å². The van der Waals surface area contributed by atoms with Gasteiger partial charge in [0.1, 0.15) is 12.4 Å². The van der Waals surface area contributed by atoms with Crippen LogP contribution in [-0.2, 0) is 0 Å². The molecule has 0 spiro atoms. The van der Waals surface area contributed by atoms with Crippen LogP contribution >= 0.6 is 27.5 Å². The second-order valence-electron chi connectivity index (χ2n) is 4.67. The molecule has 0 unspecified atom stereocenters. The van der Waals surface area contributed by atoms with Crippen molar-refractivity contribution in [3.63, 3.8) is 0 Å². The van der Waals surface area contributed by atoms with E-state index in [9.17, 15) is 0 Å². The lowest BCUT2D eigenvalue weighted by molar-refractivity contribution is 0.331. The third kappa shape index (κ3) is 4.15. The molecule has 0 amide bonds. The molecule has 0 heterocycles. The van der Waals surface area contributed by atoms with Crippen molar-refractivity contribution < 1.29 is 4.74 Å². The Morgan fingerprint density at radius 2 is 1.85 bits per heavy atom. The topological polar surface area (TPSA) is 21.3 Å². The summed E-state index contributed by atoms with van der Waals surface area (Å²) < 4.78 is 6.72. The molecule has 20 heavy (non-hydrogen) atoms. The van der Waals surface area contributed by atoms with Crippen molar-refractivity contribution in [2.24, 2.45) is 0 Å². The molecule has 0 bridgehead atoms. The van der Waals surface area contributed by atoms with E-state index in [-0.39, 0.29) is 0 Å². The zero-order chi connectivity index (χ0) is 14.5. The van der Waals surface area contributed by atoms with E-state index in [0.29, 0.717) is 11.6 Å². The van der Waals surface area contributed by atoms with E-state index in [2.05, 4.69) is 52.4 Å². The van der Waals surface area contributed by atoms with Crippen LogP contribution < -0.4 is 10.1 Å². The first kappa shape index (κ1) is 15.2. The third-order valence-electron chi connectivity index (χ3n) is 2.92. The molecular weight excluding hydrogens is 338 g/mol. The van der Waals surface area contributed by atoms with E-state index in [0.717, 1.165) is 28.0 Å². The summed E-state index contributed by atoms with van der Waals surface area (Å²) in [6.07, 6.45) is 0. The summed E-state index contributed by atoms with van der Waals surface area (Å²) in [6, 6.07) is 12.1. The Balaban J connectivity index is 1.86. The second-order valence-corrected chi connectivity index (χ2v) is 6.00. The standard InChI is InChI=1S/C16H17BrClNO/c1-11-3-5-14(6-4-11)19-7-8-20-16-12(2)9-13(17)10-15(16)18/h3-6,9-10,19H,7-8H2,1-2H3. The van der Waals surface area contributed by atoms with Crippen molar-refractivity contribution in [2.75, 3.05) is 18.5 Å². The molecule has 0 aromatic heterocycles. The van der Waals surface area contributed by atoms with Gasteiger partial charge in [-0.05, 0) is 43.7 Å². The molecule has 1 N–H and O–H groups in total. The van der Waals surface area contributed by atoms with Crippen molar-refractivity contribution >= 4 is 33.2 Å². The predicted molar refractivity (Wildman–Crippen MR) is 89.1 cm³/mol. The lowest BCUT2D eigenvalue weighted by atomic mass is 10.2. The van der Waals surface area contributed by atoms with Gasteiger partial charge < -0.3 is 10.1 Å². The van der Waals surface area contributed by atoms with E-state index < -0.39 is 0 Å².